The highest BCUT2D eigenvalue weighted by molar-refractivity contribution is 5.90. The van der Waals surface area contributed by atoms with Gasteiger partial charge in [0, 0.05) is 38.7 Å². The summed E-state index contributed by atoms with van der Waals surface area (Å²) >= 11 is 0. The number of aryl methyl sites for hydroxylation is 1. The van der Waals surface area contributed by atoms with Gasteiger partial charge in [0.1, 0.15) is 17.4 Å². The number of hydrogen-bond donors (Lipinski definition) is 1. The lowest BCUT2D eigenvalue weighted by Gasteiger charge is -2.30. The number of fused-ring (bicyclic) bond motifs is 1. The molecule has 5 rings (SSSR count). The van der Waals surface area contributed by atoms with Gasteiger partial charge >= 0.3 is 0 Å². The molecular formula is C27H28N8O2. The highest BCUT2D eigenvalue weighted by Gasteiger charge is 2.33. The lowest BCUT2D eigenvalue weighted by atomic mass is 9.93. The Bertz CT molecular complexity index is 1470. The van der Waals surface area contributed by atoms with Crippen molar-refractivity contribution in [3.05, 3.63) is 90.3 Å². The summed E-state index contributed by atoms with van der Waals surface area (Å²) in [6, 6.07) is 13.6. The molecule has 4 aromatic rings. The van der Waals surface area contributed by atoms with Crippen LogP contribution in [0.3, 0.4) is 0 Å². The number of aromatic nitrogens is 6. The molecule has 37 heavy (non-hydrogen) atoms. The van der Waals surface area contributed by atoms with E-state index < -0.39 is 0 Å². The minimum atomic E-state index is -0.0884. The van der Waals surface area contributed by atoms with Crippen molar-refractivity contribution in [2.75, 3.05) is 24.5 Å². The molecule has 1 N–H and O–H groups in total. The lowest BCUT2D eigenvalue weighted by molar-refractivity contribution is -0.121. The predicted octanol–water partition coefficient (Wildman–Crippen LogP) is 3.71. The molecule has 0 saturated heterocycles. The molecule has 1 amide bonds. The molecule has 1 aliphatic heterocycles. The highest BCUT2D eigenvalue weighted by Crippen LogP contribution is 2.30. The van der Waals surface area contributed by atoms with Crippen molar-refractivity contribution >= 4 is 29.2 Å². The van der Waals surface area contributed by atoms with Crippen LogP contribution in [0.25, 0.3) is 11.6 Å². The van der Waals surface area contributed by atoms with Gasteiger partial charge in [-0.25, -0.2) is 14.7 Å². The van der Waals surface area contributed by atoms with Gasteiger partial charge in [0.25, 0.3) is 0 Å². The Kier molecular flexibility index (Phi) is 6.55. The molecule has 1 aromatic carbocycles. The van der Waals surface area contributed by atoms with E-state index in [9.17, 15) is 4.79 Å². The van der Waals surface area contributed by atoms with Crippen molar-refractivity contribution in [3.63, 3.8) is 0 Å². The number of allylic oxidation sites excluding steroid dienone is 2. The Morgan fingerprint density at radius 2 is 1.97 bits per heavy atom. The lowest BCUT2D eigenvalue weighted by Crippen LogP contribution is -2.44. The van der Waals surface area contributed by atoms with Gasteiger partial charge in [-0.1, -0.05) is 24.8 Å². The minimum absolute atomic E-state index is 0.00666. The Morgan fingerprint density at radius 3 is 2.68 bits per heavy atom. The molecule has 3 aromatic heterocycles. The molecule has 10 nitrogen and oxygen atoms in total. The van der Waals surface area contributed by atoms with Crippen LogP contribution in [0.2, 0.25) is 0 Å². The van der Waals surface area contributed by atoms with Crippen molar-refractivity contribution < 1.29 is 9.53 Å². The number of methoxy groups -OCH3 is 1. The number of pyridine rings is 1. The molecule has 0 aliphatic carbocycles. The van der Waals surface area contributed by atoms with Crippen molar-refractivity contribution in [2.45, 2.75) is 18.8 Å². The molecule has 10 heteroatoms. The van der Waals surface area contributed by atoms with E-state index >= 15 is 0 Å². The summed E-state index contributed by atoms with van der Waals surface area (Å²) in [5, 5.41) is 17.9. The zero-order valence-corrected chi connectivity index (χ0v) is 21.0. The molecule has 0 bridgehead atoms. The average molecular weight is 497 g/mol. The van der Waals surface area contributed by atoms with Gasteiger partial charge in [-0.2, -0.15) is 5.10 Å². The van der Waals surface area contributed by atoms with Crippen LogP contribution < -0.4 is 15.1 Å². The maximum atomic E-state index is 12.9. The number of anilines is 2. The number of hydrogen-bond acceptors (Lipinski definition) is 7. The Balaban J connectivity index is 1.45. The average Bonchev–Trinajstić information content (AvgIpc) is 3.52. The fourth-order valence-corrected chi connectivity index (χ4v) is 4.42. The van der Waals surface area contributed by atoms with Crippen molar-refractivity contribution in [1.82, 2.24) is 29.6 Å². The zero-order chi connectivity index (χ0) is 25.9. The number of nitrogens with one attached hydrogen (secondary N) is 1. The summed E-state index contributed by atoms with van der Waals surface area (Å²) in [5.74, 6) is 3.51. The third-order valence-corrected chi connectivity index (χ3v) is 6.45. The van der Waals surface area contributed by atoms with Gasteiger partial charge in [0.15, 0.2) is 11.6 Å². The van der Waals surface area contributed by atoms with E-state index in [0.29, 0.717) is 24.5 Å². The number of carbonyl (C=O) groups is 1. The fourth-order valence-electron chi connectivity index (χ4n) is 4.42. The van der Waals surface area contributed by atoms with Crippen LogP contribution in [0.4, 0.5) is 11.6 Å². The molecule has 188 valence electrons. The summed E-state index contributed by atoms with van der Waals surface area (Å²) in [4.78, 5) is 17.3. The maximum absolute atomic E-state index is 12.9. The summed E-state index contributed by atoms with van der Waals surface area (Å²) < 4.78 is 8.78. The number of ether oxygens (including phenoxy) is 1. The van der Waals surface area contributed by atoms with Crippen LogP contribution in [0.5, 0.6) is 5.75 Å². The highest BCUT2D eigenvalue weighted by atomic mass is 16.5. The Labute approximate surface area is 214 Å². The van der Waals surface area contributed by atoms with Gasteiger partial charge in [-0.05, 0) is 53.5 Å². The standard InChI is InChI=1S/C27H28N8O2/c1-5-19(20-10-12-28-23(15-20)30-24-11-13-29-33(24)2)16-25-31-32-27-21(17-26(36)34(3)35(25)27)14-18-6-8-22(37-4)9-7-18/h5-13,15-16,21H,1,14,17H2,2-4H3,(H,28,30)/b19-16+. The summed E-state index contributed by atoms with van der Waals surface area (Å²) in [7, 11) is 5.24. The van der Waals surface area contributed by atoms with Crippen LogP contribution in [0, 0.1) is 0 Å². The number of carbonyl (C=O) groups excluding carboxylic acids is 1. The second kappa shape index (κ2) is 10.1. The third kappa shape index (κ3) is 4.86. The van der Waals surface area contributed by atoms with E-state index in [-0.39, 0.29) is 11.8 Å². The van der Waals surface area contributed by atoms with Crippen molar-refractivity contribution in [3.8, 4) is 5.75 Å². The summed E-state index contributed by atoms with van der Waals surface area (Å²) in [5.41, 5.74) is 2.82. The third-order valence-electron chi connectivity index (χ3n) is 6.45. The molecular weight excluding hydrogens is 468 g/mol. The number of rotatable bonds is 8. The van der Waals surface area contributed by atoms with Gasteiger partial charge in [-0.3, -0.25) is 9.48 Å². The minimum Gasteiger partial charge on any atom is -0.497 e. The molecule has 0 saturated carbocycles. The van der Waals surface area contributed by atoms with Gasteiger partial charge in [0.2, 0.25) is 5.91 Å². The quantitative estimate of drug-likeness (QED) is 0.371. The molecule has 0 radical (unpaired) electrons. The van der Waals surface area contributed by atoms with Crippen LogP contribution in [-0.2, 0) is 18.3 Å². The van der Waals surface area contributed by atoms with Gasteiger partial charge < -0.3 is 10.1 Å². The second-order valence-electron chi connectivity index (χ2n) is 8.80. The second-order valence-corrected chi connectivity index (χ2v) is 8.80. The molecule has 0 fully saturated rings. The smallest absolute Gasteiger partial charge is 0.241 e. The van der Waals surface area contributed by atoms with Gasteiger partial charge in [0.05, 0.1) is 13.3 Å². The SMILES string of the molecule is C=C/C(=C\c1nnc2n1N(C)C(=O)CC2Cc1ccc(OC)cc1)c1ccnc(Nc2ccnn2C)c1. The van der Waals surface area contributed by atoms with Crippen LogP contribution in [0.15, 0.2) is 67.5 Å². The Morgan fingerprint density at radius 1 is 1.16 bits per heavy atom. The van der Waals surface area contributed by atoms with Crippen molar-refractivity contribution in [2.24, 2.45) is 7.05 Å². The largest absolute Gasteiger partial charge is 0.497 e. The predicted molar refractivity (Wildman–Crippen MR) is 142 cm³/mol. The monoisotopic (exact) mass is 496 g/mol. The van der Waals surface area contributed by atoms with E-state index in [1.54, 1.807) is 47.0 Å². The maximum Gasteiger partial charge on any atom is 0.241 e. The fraction of sp³-hybridized carbons (Fsp3) is 0.222. The molecule has 0 spiro atoms. The first-order chi connectivity index (χ1) is 18.0. The topological polar surface area (TPSA) is 103 Å². The number of benzene rings is 1. The van der Waals surface area contributed by atoms with E-state index in [0.717, 1.165) is 34.1 Å². The van der Waals surface area contributed by atoms with Crippen LogP contribution in [-0.4, -0.2) is 49.7 Å². The molecule has 1 unspecified atom stereocenters. The molecule has 1 atom stereocenters. The summed E-state index contributed by atoms with van der Waals surface area (Å²) in [6.45, 7) is 4.00. The first-order valence-electron chi connectivity index (χ1n) is 11.9. The first kappa shape index (κ1) is 24.0. The summed E-state index contributed by atoms with van der Waals surface area (Å²) in [6.07, 6.45) is 8.12. The number of nitrogens with zero attached hydrogens (tertiary/aromatic N) is 7. The van der Waals surface area contributed by atoms with E-state index in [1.807, 2.05) is 55.6 Å². The zero-order valence-electron chi connectivity index (χ0n) is 21.0. The Hall–Kier alpha value is -4.73. The van der Waals surface area contributed by atoms with E-state index in [4.69, 9.17) is 4.74 Å². The van der Waals surface area contributed by atoms with E-state index in [2.05, 4.69) is 32.2 Å². The number of amides is 1. The normalized spacial score (nSPS) is 15.4. The molecule has 4 heterocycles. The van der Waals surface area contributed by atoms with Crippen LogP contribution in [0.1, 0.15) is 35.1 Å². The van der Waals surface area contributed by atoms with E-state index in [1.165, 1.54) is 0 Å². The first-order valence-corrected chi connectivity index (χ1v) is 11.9. The molecule has 1 aliphatic rings. The van der Waals surface area contributed by atoms with Crippen molar-refractivity contribution in [1.29, 1.82) is 0 Å². The van der Waals surface area contributed by atoms with Gasteiger partial charge in [-0.15, -0.1) is 10.2 Å². The van der Waals surface area contributed by atoms with Crippen LogP contribution >= 0.6 is 0 Å².